The van der Waals surface area contributed by atoms with Crippen molar-refractivity contribution in [2.24, 2.45) is 5.92 Å². The highest BCUT2D eigenvalue weighted by molar-refractivity contribution is 5.71. The molecule has 0 aliphatic carbocycles. The number of nitro groups is 1. The molecule has 0 bridgehead atoms. The fraction of sp³-hybridized carbons (Fsp3) is 0.500. The van der Waals surface area contributed by atoms with Gasteiger partial charge in [-0.3, -0.25) is 10.1 Å². The largest absolute Gasteiger partial charge is 0.378 e. The first-order valence-corrected chi connectivity index (χ1v) is 9.83. The molecule has 0 atom stereocenters. The van der Waals surface area contributed by atoms with E-state index in [0.717, 1.165) is 32.4 Å². The van der Waals surface area contributed by atoms with Gasteiger partial charge in [0.1, 0.15) is 6.33 Å². The van der Waals surface area contributed by atoms with Gasteiger partial charge in [0.25, 0.3) is 0 Å². The SMILES string of the molecule is O=[N+]([O-])c1c(N2CCOCC2)ncnc1N1CCC(Cc2ccccc2)CC1. The van der Waals surface area contributed by atoms with Crippen molar-refractivity contribution in [3.05, 3.63) is 52.3 Å². The van der Waals surface area contributed by atoms with Crippen LogP contribution >= 0.6 is 0 Å². The Bertz CT molecular complexity index is 803. The van der Waals surface area contributed by atoms with E-state index < -0.39 is 0 Å². The number of aromatic nitrogens is 2. The standard InChI is InChI=1S/C20H25N5O3/c26-25(27)18-19(21-15-22-20(18)24-10-12-28-13-11-24)23-8-6-17(7-9-23)14-16-4-2-1-3-5-16/h1-5,15,17H,6-14H2. The Morgan fingerprint density at radius 3 is 2.21 bits per heavy atom. The topological polar surface area (TPSA) is 84.6 Å². The zero-order valence-corrected chi connectivity index (χ0v) is 15.9. The van der Waals surface area contributed by atoms with Crippen molar-refractivity contribution < 1.29 is 9.66 Å². The first kappa shape index (κ1) is 18.6. The van der Waals surface area contributed by atoms with Crippen molar-refractivity contribution in [1.29, 1.82) is 0 Å². The molecule has 2 saturated heterocycles. The van der Waals surface area contributed by atoms with E-state index >= 15 is 0 Å². The molecule has 1 aromatic heterocycles. The minimum atomic E-state index is -0.337. The van der Waals surface area contributed by atoms with Crippen molar-refractivity contribution in [3.63, 3.8) is 0 Å². The van der Waals surface area contributed by atoms with Gasteiger partial charge in [-0.2, -0.15) is 0 Å². The minimum absolute atomic E-state index is 0.0194. The van der Waals surface area contributed by atoms with Gasteiger partial charge in [0, 0.05) is 26.2 Å². The summed E-state index contributed by atoms with van der Waals surface area (Å²) in [5.41, 5.74) is 1.37. The lowest BCUT2D eigenvalue weighted by molar-refractivity contribution is -0.383. The molecule has 2 fully saturated rings. The van der Waals surface area contributed by atoms with Crippen LogP contribution in [0.3, 0.4) is 0 Å². The Labute approximate surface area is 164 Å². The maximum absolute atomic E-state index is 11.9. The minimum Gasteiger partial charge on any atom is -0.378 e. The van der Waals surface area contributed by atoms with Gasteiger partial charge in [-0.1, -0.05) is 30.3 Å². The molecular formula is C20H25N5O3. The Kier molecular flexibility index (Phi) is 5.66. The summed E-state index contributed by atoms with van der Waals surface area (Å²) >= 11 is 0. The number of morpholine rings is 1. The van der Waals surface area contributed by atoms with Crippen molar-refractivity contribution in [2.75, 3.05) is 49.2 Å². The molecule has 0 radical (unpaired) electrons. The Balaban J connectivity index is 1.49. The second-order valence-electron chi connectivity index (χ2n) is 7.35. The van der Waals surface area contributed by atoms with Crippen LogP contribution in [0.5, 0.6) is 0 Å². The molecule has 8 nitrogen and oxygen atoms in total. The van der Waals surface area contributed by atoms with Crippen molar-refractivity contribution in [2.45, 2.75) is 19.3 Å². The highest BCUT2D eigenvalue weighted by atomic mass is 16.6. The molecule has 1 aromatic carbocycles. The van der Waals surface area contributed by atoms with E-state index in [-0.39, 0.29) is 10.6 Å². The van der Waals surface area contributed by atoms with Crippen molar-refractivity contribution >= 4 is 17.3 Å². The molecule has 8 heteroatoms. The molecule has 0 spiro atoms. The molecule has 0 saturated carbocycles. The van der Waals surface area contributed by atoms with Crippen LogP contribution in [-0.4, -0.2) is 54.3 Å². The first-order chi connectivity index (χ1) is 13.7. The van der Waals surface area contributed by atoms with Gasteiger partial charge in [0.2, 0.25) is 11.6 Å². The molecule has 0 unspecified atom stereocenters. The van der Waals surface area contributed by atoms with E-state index in [1.54, 1.807) is 0 Å². The number of hydrogen-bond acceptors (Lipinski definition) is 7. The fourth-order valence-electron chi connectivity index (χ4n) is 4.06. The van der Waals surface area contributed by atoms with Crippen LogP contribution in [-0.2, 0) is 11.2 Å². The average Bonchev–Trinajstić information content (AvgIpc) is 2.75. The molecular weight excluding hydrogens is 358 g/mol. The van der Waals surface area contributed by atoms with Gasteiger partial charge in [0.15, 0.2) is 0 Å². The molecule has 2 aliphatic heterocycles. The van der Waals surface area contributed by atoms with Crippen LogP contribution < -0.4 is 9.80 Å². The normalized spacial score (nSPS) is 18.3. The number of ether oxygens (including phenoxy) is 1. The molecule has 28 heavy (non-hydrogen) atoms. The summed E-state index contributed by atoms with van der Waals surface area (Å²) in [6, 6.07) is 10.5. The molecule has 0 N–H and O–H groups in total. The number of benzene rings is 1. The lowest BCUT2D eigenvalue weighted by Crippen LogP contribution is -2.38. The average molecular weight is 383 g/mol. The summed E-state index contributed by atoms with van der Waals surface area (Å²) in [5, 5.41) is 11.9. The van der Waals surface area contributed by atoms with E-state index in [9.17, 15) is 10.1 Å². The third-order valence-corrected chi connectivity index (χ3v) is 5.56. The predicted octanol–water partition coefficient (Wildman–Crippen LogP) is 2.68. The summed E-state index contributed by atoms with van der Waals surface area (Å²) < 4.78 is 5.36. The molecule has 148 valence electrons. The summed E-state index contributed by atoms with van der Waals surface area (Å²) in [6.07, 6.45) is 4.51. The molecule has 4 rings (SSSR count). The second kappa shape index (κ2) is 8.52. The van der Waals surface area contributed by atoms with Gasteiger partial charge in [-0.05, 0) is 30.7 Å². The zero-order valence-electron chi connectivity index (χ0n) is 15.9. The number of nitrogens with zero attached hydrogens (tertiary/aromatic N) is 5. The van der Waals surface area contributed by atoms with Gasteiger partial charge in [0.05, 0.1) is 18.1 Å². The first-order valence-electron chi connectivity index (χ1n) is 9.83. The number of piperidine rings is 1. The van der Waals surface area contributed by atoms with Crippen molar-refractivity contribution in [1.82, 2.24) is 9.97 Å². The van der Waals surface area contributed by atoms with E-state index in [1.807, 2.05) is 15.9 Å². The van der Waals surface area contributed by atoms with E-state index in [0.29, 0.717) is 43.9 Å². The summed E-state index contributed by atoms with van der Waals surface area (Å²) in [4.78, 5) is 24.1. The fourth-order valence-corrected chi connectivity index (χ4v) is 4.06. The van der Waals surface area contributed by atoms with Crippen LogP contribution in [0.2, 0.25) is 0 Å². The molecule has 3 heterocycles. The van der Waals surface area contributed by atoms with E-state index in [4.69, 9.17) is 4.74 Å². The van der Waals surface area contributed by atoms with Crippen LogP contribution in [0.4, 0.5) is 17.3 Å². The summed E-state index contributed by atoms with van der Waals surface area (Å²) in [5.74, 6) is 1.45. The van der Waals surface area contributed by atoms with Crippen molar-refractivity contribution in [3.8, 4) is 0 Å². The maximum Gasteiger partial charge on any atom is 0.353 e. The van der Waals surface area contributed by atoms with Gasteiger partial charge in [-0.25, -0.2) is 9.97 Å². The Morgan fingerprint density at radius 1 is 1.00 bits per heavy atom. The molecule has 2 aromatic rings. The zero-order chi connectivity index (χ0) is 19.3. The quantitative estimate of drug-likeness (QED) is 0.580. The van der Waals surface area contributed by atoms with Gasteiger partial charge < -0.3 is 14.5 Å². The highest BCUT2D eigenvalue weighted by Crippen LogP contribution is 2.36. The third kappa shape index (κ3) is 4.06. The van der Waals surface area contributed by atoms with Crippen LogP contribution in [0, 0.1) is 16.0 Å². The predicted molar refractivity (Wildman–Crippen MR) is 107 cm³/mol. The maximum atomic E-state index is 11.9. The van der Waals surface area contributed by atoms with Crippen LogP contribution in [0.15, 0.2) is 36.7 Å². The lowest BCUT2D eigenvalue weighted by Gasteiger charge is -2.33. The van der Waals surface area contributed by atoms with E-state index in [1.165, 1.54) is 11.9 Å². The van der Waals surface area contributed by atoms with Gasteiger partial charge >= 0.3 is 5.69 Å². The number of hydrogen-bond donors (Lipinski definition) is 0. The van der Waals surface area contributed by atoms with E-state index in [2.05, 4.69) is 34.2 Å². The second-order valence-corrected chi connectivity index (χ2v) is 7.35. The van der Waals surface area contributed by atoms with Gasteiger partial charge in [-0.15, -0.1) is 0 Å². The molecule has 2 aliphatic rings. The number of anilines is 2. The summed E-state index contributed by atoms with van der Waals surface area (Å²) in [7, 11) is 0. The summed E-state index contributed by atoms with van der Waals surface area (Å²) in [6.45, 7) is 3.88. The third-order valence-electron chi connectivity index (χ3n) is 5.56. The number of rotatable bonds is 5. The molecule has 0 amide bonds. The lowest BCUT2D eigenvalue weighted by atomic mass is 9.90. The van der Waals surface area contributed by atoms with Crippen LogP contribution in [0.25, 0.3) is 0 Å². The monoisotopic (exact) mass is 383 g/mol. The smallest absolute Gasteiger partial charge is 0.353 e. The Morgan fingerprint density at radius 2 is 1.61 bits per heavy atom. The Hall–Kier alpha value is -2.74. The highest BCUT2D eigenvalue weighted by Gasteiger charge is 2.32. The van der Waals surface area contributed by atoms with Crippen LogP contribution in [0.1, 0.15) is 18.4 Å².